The predicted octanol–water partition coefficient (Wildman–Crippen LogP) is 2.12. The number of nitrogens with one attached hydrogen (secondary N) is 2. The summed E-state index contributed by atoms with van der Waals surface area (Å²) in [5, 5.41) is 14.4. The number of anilines is 1. The SMILES string of the molecule is Cl.Cl.Cl.O=C([C@@H]1C[C@H](N2CCN(c3nc4cc([N+](=O)[O-])ccc4[nH]3)CC2)CN1)N1CCSC1. The number of rotatable bonds is 4. The van der Waals surface area contributed by atoms with Crippen molar-refractivity contribution in [3.05, 3.63) is 28.3 Å². The summed E-state index contributed by atoms with van der Waals surface area (Å²) >= 11 is 1.82. The number of halogens is 3. The minimum atomic E-state index is -0.400. The lowest BCUT2D eigenvalue weighted by molar-refractivity contribution is -0.384. The Hall–Kier alpha value is -1.50. The van der Waals surface area contributed by atoms with Crippen molar-refractivity contribution in [1.29, 1.82) is 0 Å². The third kappa shape index (κ3) is 5.77. The van der Waals surface area contributed by atoms with Gasteiger partial charge >= 0.3 is 0 Å². The summed E-state index contributed by atoms with van der Waals surface area (Å²) in [5.41, 5.74) is 1.47. The highest BCUT2D eigenvalue weighted by Gasteiger charge is 2.36. The monoisotopic (exact) mass is 539 g/mol. The number of carbonyl (C=O) groups excluding carboxylic acids is 1. The van der Waals surface area contributed by atoms with Gasteiger partial charge in [-0.05, 0) is 12.5 Å². The molecule has 3 fully saturated rings. The van der Waals surface area contributed by atoms with Crippen LogP contribution < -0.4 is 10.2 Å². The molecule has 1 aromatic carbocycles. The van der Waals surface area contributed by atoms with Crippen LogP contribution in [0.4, 0.5) is 11.6 Å². The molecule has 0 aliphatic carbocycles. The highest BCUT2D eigenvalue weighted by atomic mass is 35.5. The molecule has 14 heteroatoms. The molecule has 0 saturated carbocycles. The minimum Gasteiger partial charge on any atom is -0.340 e. The molecule has 5 rings (SSSR count). The number of fused-ring (bicyclic) bond motifs is 1. The van der Waals surface area contributed by atoms with Gasteiger partial charge in [-0.15, -0.1) is 49.0 Å². The summed E-state index contributed by atoms with van der Waals surface area (Å²) in [6.45, 7) is 5.20. The van der Waals surface area contributed by atoms with Crippen LogP contribution >= 0.6 is 49.0 Å². The van der Waals surface area contributed by atoms with Gasteiger partial charge in [0.2, 0.25) is 11.9 Å². The van der Waals surface area contributed by atoms with Crippen LogP contribution in [0.3, 0.4) is 0 Å². The molecule has 1 aromatic heterocycles. The molecule has 4 heterocycles. The number of non-ortho nitro benzene ring substituents is 1. The standard InChI is InChI=1S/C19H25N7O3S.3ClH/c27-18(25-7-8-30-12-25)17-10-14(11-20-17)23-3-5-24(6-4-23)19-21-15-2-1-13(26(28)29)9-16(15)22-19;;;/h1-2,9,14,17,20H,3-8,10-12H2,(H,21,22);3*1H/t14-,17-;;;/m0.../s1. The summed E-state index contributed by atoms with van der Waals surface area (Å²) in [7, 11) is 0. The van der Waals surface area contributed by atoms with Gasteiger partial charge < -0.3 is 20.1 Å². The highest BCUT2D eigenvalue weighted by Crippen LogP contribution is 2.24. The van der Waals surface area contributed by atoms with Gasteiger partial charge in [0.25, 0.3) is 5.69 Å². The van der Waals surface area contributed by atoms with Crippen molar-refractivity contribution < 1.29 is 9.72 Å². The van der Waals surface area contributed by atoms with Crippen molar-refractivity contribution in [3.8, 4) is 0 Å². The molecule has 1 amide bonds. The van der Waals surface area contributed by atoms with Gasteiger partial charge in [0.15, 0.2) is 0 Å². The number of hydrogen-bond donors (Lipinski definition) is 2. The molecule has 0 unspecified atom stereocenters. The molecule has 2 N–H and O–H groups in total. The zero-order valence-corrected chi connectivity index (χ0v) is 21.1. The number of nitro benzene ring substituents is 1. The maximum absolute atomic E-state index is 12.6. The van der Waals surface area contributed by atoms with Crippen LogP contribution in [0.5, 0.6) is 0 Å². The van der Waals surface area contributed by atoms with Gasteiger partial charge in [-0.25, -0.2) is 4.98 Å². The number of aromatic nitrogens is 2. The van der Waals surface area contributed by atoms with E-state index >= 15 is 0 Å². The number of carbonyl (C=O) groups is 1. The van der Waals surface area contributed by atoms with Crippen LogP contribution in [0.2, 0.25) is 0 Å². The van der Waals surface area contributed by atoms with Crippen LogP contribution in [0.1, 0.15) is 6.42 Å². The van der Waals surface area contributed by atoms with Gasteiger partial charge in [-0.1, -0.05) is 0 Å². The van der Waals surface area contributed by atoms with E-state index in [2.05, 4.69) is 25.1 Å². The van der Waals surface area contributed by atoms with Gasteiger partial charge in [-0.3, -0.25) is 19.8 Å². The van der Waals surface area contributed by atoms with Crippen LogP contribution in [0.15, 0.2) is 18.2 Å². The molecule has 2 aromatic rings. The average Bonchev–Trinajstić information content (AvgIpc) is 3.53. The Morgan fingerprint density at radius 1 is 1.15 bits per heavy atom. The van der Waals surface area contributed by atoms with Gasteiger partial charge in [0.1, 0.15) is 0 Å². The summed E-state index contributed by atoms with van der Waals surface area (Å²) in [5.74, 6) is 2.87. The molecule has 33 heavy (non-hydrogen) atoms. The Balaban J connectivity index is 0.00000128. The number of aromatic amines is 1. The van der Waals surface area contributed by atoms with Crippen LogP contribution in [0.25, 0.3) is 11.0 Å². The zero-order valence-electron chi connectivity index (χ0n) is 17.8. The van der Waals surface area contributed by atoms with Crippen molar-refractivity contribution in [3.63, 3.8) is 0 Å². The van der Waals surface area contributed by atoms with E-state index < -0.39 is 4.92 Å². The number of thioether (sulfide) groups is 1. The second-order valence-electron chi connectivity index (χ2n) is 8.03. The fourth-order valence-electron chi connectivity index (χ4n) is 4.53. The molecular weight excluding hydrogens is 513 g/mol. The van der Waals surface area contributed by atoms with Crippen molar-refractivity contribution in [1.82, 2.24) is 25.1 Å². The lowest BCUT2D eigenvalue weighted by Crippen LogP contribution is -2.51. The molecule has 2 atom stereocenters. The quantitative estimate of drug-likeness (QED) is 0.448. The van der Waals surface area contributed by atoms with E-state index in [4.69, 9.17) is 0 Å². The Kier molecular flexibility index (Phi) is 9.89. The third-order valence-electron chi connectivity index (χ3n) is 6.27. The number of H-pyrrole nitrogens is 1. The summed E-state index contributed by atoms with van der Waals surface area (Å²) in [6.07, 6.45) is 0.869. The molecule has 3 saturated heterocycles. The second kappa shape index (κ2) is 11.8. The third-order valence-corrected chi connectivity index (χ3v) is 7.23. The summed E-state index contributed by atoms with van der Waals surface area (Å²) in [6, 6.07) is 5.03. The Labute approximate surface area is 214 Å². The molecule has 0 bridgehead atoms. The summed E-state index contributed by atoms with van der Waals surface area (Å²) < 4.78 is 0. The van der Waals surface area contributed by atoms with Crippen molar-refractivity contribution in [2.45, 2.75) is 18.5 Å². The molecule has 0 radical (unpaired) electrons. The first kappa shape index (κ1) is 27.7. The first-order valence-corrected chi connectivity index (χ1v) is 11.5. The van der Waals surface area contributed by atoms with Crippen LogP contribution in [-0.2, 0) is 4.79 Å². The van der Waals surface area contributed by atoms with E-state index in [1.165, 1.54) is 12.1 Å². The number of hydrogen-bond acceptors (Lipinski definition) is 8. The van der Waals surface area contributed by atoms with Crippen molar-refractivity contribution in [2.24, 2.45) is 0 Å². The Morgan fingerprint density at radius 3 is 2.58 bits per heavy atom. The predicted molar refractivity (Wildman–Crippen MR) is 138 cm³/mol. The van der Waals surface area contributed by atoms with E-state index in [9.17, 15) is 14.9 Å². The molecule has 3 aliphatic heterocycles. The number of nitro groups is 1. The van der Waals surface area contributed by atoms with E-state index in [1.54, 1.807) is 6.07 Å². The molecule has 0 spiro atoms. The molecular formula is C19H28Cl3N7O3S. The number of amides is 1. The first-order chi connectivity index (χ1) is 14.6. The van der Waals surface area contributed by atoms with Crippen molar-refractivity contribution >= 4 is 77.6 Å². The number of imidazole rings is 1. The topological polar surface area (TPSA) is 111 Å². The fourth-order valence-corrected chi connectivity index (χ4v) is 5.49. The first-order valence-electron chi connectivity index (χ1n) is 10.3. The summed E-state index contributed by atoms with van der Waals surface area (Å²) in [4.78, 5) is 37.7. The minimum absolute atomic E-state index is 0. The average molecular weight is 541 g/mol. The lowest BCUT2D eigenvalue weighted by Gasteiger charge is -2.37. The fraction of sp³-hybridized carbons (Fsp3) is 0.579. The lowest BCUT2D eigenvalue weighted by atomic mass is 10.1. The van der Waals surface area contributed by atoms with Crippen molar-refractivity contribution in [2.75, 3.05) is 55.8 Å². The largest absolute Gasteiger partial charge is 0.340 e. The van der Waals surface area contributed by atoms with E-state index in [-0.39, 0.29) is 54.9 Å². The normalized spacial score (nSPS) is 23.0. The maximum Gasteiger partial charge on any atom is 0.271 e. The van der Waals surface area contributed by atoms with Gasteiger partial charge in [0.05, 0.1) is 27.9 Å². The number of benzene rings is 1. The Morgan fingerprint density at radius 2 is 1.91 bits per heavy atom. The second-order valence-corrected chi connectivity index (χ2v) is 9.11. The highest BCUT2D eigenvalue weighted by molar-refractivity contribution is 7.99. The van der Waals surface area contributed by atoms with Crippen LogP contribution in [0, 0.1) is 10.1 Å². The number of nitrogens with zero attached hydrogens (tertiary/aromatic N) is 5. The zero-order chi connectivity index (χ0) is 20.7. The van der Waals surface area contributed by atoms with Gasteiger partial charge in [-0.2, -0.15) is 0 Å². The van der Waals surface area contributed by atoms with E-state index in [0.717, 1.165) is 68.8 Å². The van der Waals surface area contributed by atoms with E-state index in [0.29, 0.717) is 11.6 Å². The Bertz CT molecular complexity index is 967. The number of piperazine rings is 1. The maximum atomic E-state index is 12.6. The molecule has 184 valence electrons. The molecule has 3 aliphatic rings. The van der Waals surface area contributed by atoms with Crippen LogP contribution in [-0.4, -0.2) is 93.6 Å². The van der Waals surface area contributed by atoms with E-state index in [1.807, 2.05) is 16.7 Å². The smallest absolute Gasteiger partial charge is 0.271 e. The molecule has 10 nitrogen and oxygen atoms in total. The van der Waals surface area contributed by atoms with Gasteiger partial charge in [0, 0.05) is 63.2 Å².